The van der Waals surface area contributed by atoms with Gasteiger partial charge in [-0.05, 0) is 29.3 Å². The summed E-state index contributed by atoms with van der Waals surface area (Å²) in [6.45, 7) is 1.38. The molecule has 0 unspecified atom stereocenters. The second kappa shape index (κ2) is 7.51. The van der Waals surface area contributed by atoms with Crippen molar-refractivity contribution in [1.82, 2.24) is 10.3 Å². The number of ether oxygens (including phenoxy) is 3. The molecular weight excluding hydrogens is 332 g/mol. The second-order valence-corrected chi connectivity index (χ2v) is 5.63. The molecule has 0 radical (unpaired) electrons. The molecule has 7 heteroatoms. The lowest BCUT2D eigenvalue weighted by Crippen LogP contribution is -2.29. The lowest BCUT2D eigenvalue weighted by molar-refractivity contribution is -0.143. The first-order valence-corrected chi connectivity index (χ1v) is 7.86. The number of carbonyl (C=O) groups excluding carboxylic acids is 1. The fraction of sp³-hybridized carbons (Fsp3) is 0.294. The summed E-state index contributed by atoms with van der Waals surface area (Å²) in [7, 11) is 1.36. The third-order valence-electron chi connectivity index (χ3n) is 3.62. The van der Waals surface area contributed by atoms with Gasteiger partial charge in [0.15, 0.2) is 11.5 Å². The molecule has 0 saturated carbocycles. The first kappa shape index (κ1) is 16.5. The van der Waals surface area contributed by atoms with Crippen molar-refractivity contribution in [3.63, 3.8) is 0 Å². The number of esters is 1. The van der Waals surface area contributed by atoms with E-state index in [0.29, 0.717) is 36.3 Å². The van der Waals surface area contributed by atoms with E-state index in [0.717, 1.165) is 11.1 Å². The molecule has 3 rings (SSSR count). The molecule has 24 heavy (non-hydrogen) atoms. The fourth-order valence-corrected chi connectivity index (χ4v) is 2.78. The van der Waals surface area contributed by atoms with Gasteiger partial charge >= 0.3 is 5.97 Å². The third-order valence-corrected chi connectivity index (χ3v) is 3.90. The predicted octanol–water partition coefficient (Wildman–Crippen LogP) is 2.51. The van der Waals surface area contributed by atoms with Gasteiger partial charge in [0.05, 0.1) is 12.1 Å². The van der Waals surface area contributed by atoms with Crippen LogP contribution in [0.1, 0.15) is 17.2 Å². The highest BCUT2D eigenvalue weighted by Gasteiger charge is 2.22. The number of rotatable bonds is 5. The summed E-state index contributed by atoms with van der Waals surface area (Å²) in [5.74, 6) is 0.789. The quantitative estimate of drug-likeness (QED) is 0.837. The molecule has 126 valence electrons. The van der Waals surface area contributed by atoms with Crippen molar-refractivity contribution in [3.05, 3.63) is 52.8 Å². The second-order valence-electron chi connectivity index (χ2n) is 5.23. The molecule has 2 aromatic rings. The average molecular weight is 349 g/mol. The van der Waals surface area contributed by atoms with Gasteiger partial charge in [-0.2, -0.15) is 0 Å². The van der Waals surface area contributed by atoms with Crippen LogP contribution in [-0.2, 0) is 16.1 Å². The molecule has 0 saturated heterocycles. The van der Waals surface area contributed by atoms with Crippen LogP contribution >= 0.6 is 11.6 Å². The number of fused-ring (bicyclic) bond motifs is 1. The summed E-state index contributed by atoms with van der Waals surface area (Å²) in [6.07, 6.45) is 3.28. The Morgan fingerprint density at radius 1 is 1.42 bits per heavy atom. The van der Waals surface area contributed by atoms with Crippen molar-refractivity contribution < 1.29 is 19.0 Å². The smallest absolute Gasteiger partial charge is 0.327 e. The van der Waals surface area contributed by atoms with Crippen molar-refractivity contribution in [2.24, 2.45) is 0 Å². The topological polar surface area (TPSA) is 69.7 Å². The van der Waals surface area contributed by atoms with Crippen molar-refractivity contribution >= 4 is 17.6 Å². The number of nitrogens with one attached hydrogen (secondary N) is 1. The van der Waals surface area contributed by atoms with E-state index in [1.165, 1.54) is 7.11 Å². The molecule has 2 heterocycles. The fourth-order valence-electron chi connectivity index (χ4n) is 2.49. The minimum absolute atomic E-state index is 0.383. The molecule has 1 aliphatic rings. The number of hydrogen-bond donors (Lipinski definition) is 1. The zero-order chi connectivity index (χ0) is 16.9. The van der Waals surface area contributed by atoms with Crippen LogP contribution in [0.4, 0.5) is 0 Å². The molecule has 0 fully saturated rings. The van der Waals surface area contributed by atoms with Gasteiger partial charge in [0, 0.05) is 18.9 Å². The minimum atomic E-state index is -0.615. The Labute approximate surface area is 144 Å². The summed E-state index contributed by atoms with van der Waals surface area (Å²) in [6, 6.07) is 6.62. The summed E-state index contributed by atoms with van der Waals surface area (Å²) in [4.78, 5) is 16.1. The van der Waals surface area contributed by atoms with Crippen LogP contribution in [-0.4, -0.2) is 31.3 Å². The van der Waals surface area contributed by atoms with Gasteiger partial charge < -0.3 is 14.2 Å². The van der Waals surface area contributed by atoms with Gasteiger partial charge in [-0.25, -0.2) is 4.79 Å². The molecule has 1 atom stereocenters. The number of hydrogen-bond acceptors (Lipinski definition) is 6. The predicted molar refractivity (Wildman–Crippen MR) is 88.3 cm³/mol. The number of methoxy groups -OCH3 is 1. The maximum atomic E-state index is 12.1. The van der Waals surface area contributed by atoms with E-state index in [4.69, 9.17) is 25.8 Å². The number of aromatic nitrogens is 1. The van der Waals surface area contributed by atoms with Crippen molar-refractivity contribution in [2.45, 2.75) is 12.6 Å². The number of carbonyl (C=O) groups is 1. The summed E-state index contributed by atoms with van der Waals surface area (Å²) < 4.78 is 15.9. The first-order chi connectivity index (χ1) is 11.7. The molecule has 0 spiro atoms. The SMILES string of the molecule is COC(=O)[C@@H](NCc1cc(Cl)c2c(c1)OCCO2)c1cccnc1. The van der Waals surface area contributed by atoms with Crippen LogP contribution in [0.2, 0.25) is 5.02 Å². The van der Waals surface area contributed by atoms with Crippen LogP contribution in [0.25, 0.3) is 0 Å². The molecule has 0 aliphatic carbocycles. The van der Waals surface area contributed by atoms with E-state index >= 15 is 0 Å². The van der Waals surface area contributed by atoms with E-state index in [1.54, 1.807) is 24.5 Å². The highest BCUT2D eigenvalue weighted by Crippen LogP contribution is 2.38. The highest BCUT2D eigenvalue weighted by atomic mass is 35.5. The normalized spacial score (nSPS) is 14.1. The molecular formula is C17H17ClN2O4. The zero-order valence-corrected chi connectivity index (χ0v) is 13.9. The number of halogens is 1. The molecule has 1 N–H and O–H groups in total. The number of pyridine rings is 1. The van der Waals surface area contributed by atoms with Crippen LogP contribution in [0.3, 0.4) is 0 Å². The van der Waals surface area contributed by atoms with Crippen LogP contribution < -0.4 is 14.8 Å². The van der Waals surface area contributed by atoms with Crippen molar-refractivity contribution in [2.75, 3.05) is 20.3 Å². The minimum Gasteiger partial charge on any atom is -0.486 e. The molecule has 1 aliphatic heterocycles. The Morgan fingerprint density at radius 3 is 3.00 bits per heavy atom. The van der Waals surface area contributed by atoms with E-state index in [-0.39, 0.29) is 5.97 Å². The third kappa shape index (κ3) is 3.60. The van der Waals surface area contributed by atoms with Gasteiger partial charge in [0.2, 0.25) is 0 Å². The molecule has 0 amide bonds. The van der Waals surface area contributed by atoms with Gasteiger partial charge in [0.25, 0.3) is 0 Å². The molecule has 0 bridgehead atoms. The van der Waals surface area contributed by atoms with Crippen LogP contribution in [0.15, 0.2) is 36.7 Å². The number of benzene rings is 1. The Kier molecular flexibility index (Phi) is 5.17. The Balaban J connectivity index is 1.77. The Morgan fingerprint density at radius 2 is 2.25 bits per heavy atom. The summed E-state index contributed by atoms with van der Waals surface area (Å²) >= 11 is 6.24. The van der Waals surface area contributed by atoms with E-state index < -0.39 is 6.04 Å². The zero-order valence-electron chi connectivity index (χ0n) is 13.1. The van der Waals surface area contributed by atoms with Gasteiger partial charge in [-0.15, -0.1) is 0 Å². The summed E-state index contributed by atoms with van der Waals surface area (Å²) in [5.41, 5.74) is 1.61. The van der Waals surface area contributed by atoms with Crippen molar-refractivity contribution in [3.8, 4) is 11.5 Å². The number of nitrogens with zero attached hydrogens (tertiary/aromatic N) is 1. The Bertz CT molecular complexity index is 724. The van der Waals surface area contributed by atoms with Gasteiger partial charge in [0.1, 0.15) is 19.3 Å². The van der Waals surface area contributed by atoms with E-state index in [2.05, 4.69) is 10.3 Å². The molecule has 6 nitrogen and oxygen atoms in total. The maximum Gasteiger partial charge on any atom is 0.327 e. The molecule has 1 aromatic heterocycles. The Hall–Kier alpha value is -2.31. The van der Waals surface area contributed by atoms with Crippen molar-refractivity contribution in [1.29, 1.82) is 0 Å². The van der Waals surface area contributed by atoms with Gasteiger partial charge in [-0.1, -0.05) is 17.7 Å². The van der Waals surface area contributed by atoms with E-state index in [9.17, 15) is 4.79 Å². The van der Waals surface area contributed by atoms with Crippen LogP contribution in [0, 0.1) is 0 Å². The van der Waals surface area contributed by atoms with Crippen LogP contribution in [0.5, 0.6) is 11.5 Å². The largest absolute Gasteiger partial charge is 0.486 e. The summed E-state index contributed by atoms with van der Waals surface area (Å²) in [5, 5.41) is 3.65. The lowest BCUT2D eigenvalue weighted by atomic mass is 10.1. The molecule has 1 aromatic carbocycles. The lowest BCUT2D eigenvalue weighted by Gasteiger charge is -2.21. The monoisotopic (exact) mass is 348 g/mol. The highest BCUT2D eigenvalue weighted by molar-refractivity contribution is 6.32. The van der Waals surface area contributed by atoms with Gasteiger partial charge in [-0.3, -0.25) is 10.3 Å². The average Bonchev–Trinajstić information content (AvgIpc) is 2.62. The van der Waals surface area contributed by atoms with E-state index in [1.807, 2.05) is 12.1 Å². The standard InChI is InChI=1S/C17H17ClN2O4/c1-22-17(21)15(12-3-2-4-19-10-12)20-9-11-7-13(18)16-14(8-11)23-5-6-24-16/h2-4,7-8,10,15,20H,5-6,9H2,1H3/t15-/m0/s1. The first-order valence-electron chi connectivity index (χ1n) is 7.48. The maximum absolute atomic E-state index is 12.1.